The molecular formula is C25H28FNO2. The first-order valence-corrected chi connectivity index (χ1v) is 10.6. The second-order valence-corrected chi connectivity index (χ2v) is 7.94. The third kappa shape index (κ3) is 5.44. The summed E-state index contributed by atoms with van der Waals surface area (Å²) in [6.45, 7) is 2.24. The van der Waals surface area contributed by atoms with E-state index in [1.54, 1.807) is 12.1 Å². The molecule has 29 heavy (non-hydrogen) atoms. The van der Waals surface area contributed by atoms with E-state index in [9.17, 15) is 9.18 Å². The van der Waals surface area contributed by atoms with Crippen LogP contribution in [-0.4, -0.2) is 5.97 Å². The minimum Gasteiger partial charge on any atom is -0.423 e. The predicted molar refractivity (Wildman–Crippen MR) is 111 cm³/mol. The number of carbonyl (C=O) groups is 1. The van der Waals surface area contributed by atoms with E-state index in [1.807, 2.05) is 18.2 Å². The number of hydrogen-bond donors (Lipinski definition) is 0. The molecule has 0 amide bonds. The van der Waals surface area contributed by atoms with Gasteiger partial charge in [-0.2, -0.15) is 5.26 Å². The second-order valence-electron chi connectivity index (χ2n) is 7.94. The molecular weight excluding hydrogens is 365 g/mol. The Morgan fingerprint density at radius 2 is 1.90 bits per heavy atom. The lowest BCUT2D eigenvalue weighted by Gasteiger charge is -2.29. The summed E-state index contributed by atoms with van der Waals surface area (Å²) in [6, 6.07) is 13.2. The van der Waals surface area contributed by atoms with Gasteiger partial charge in [-0.05, 0) is 61.3 Å². The molecule has 4 heteroatoms. The minimum atomic E-state index is -0.688. The minimum absolute atomic E-state index is 0.0686. The van der Waals surface area contributed by atoms with Crippen molar-refractivity contribution in [2.75, 3.05) is 0 Å². The third-order valence-electron chi connectivity index (χ3n) is 5.95. The fraction of sp³-hybridized carbons (Fsp3) is 0.440. The van der Waals surface area contributed by atoms with Gasteiger partial charge in [0.05, 0.1) is 11.1 Å². The van der Waals surface area contributed by atoms with Crippen molar-refractivity contribution in [1.29, 1.82) is 5.26 Å². The molecule has 3 rings (SSSR count). The molecule has 0 spiro atoms. The van der Waals surface area contributed by atoms with Gasteiger partial charge in [-0.1, -0.05) is 50.8 Å². The monoisotopic (exact) mass is 393 g/mol. The van der Waals surface area contributed by atoms with Crippen LogP contribution in [0.3, 0.4) is 0 Å². The Kier molecular flexibility index (Phi) is 7.41. The Labute approximate surface area is 172 Å². The quantitative estimate of drug-likeness (QED) is 0.296. The van der Waals surface area contributed by atoms with Gasteiger partial charge in [0.25, 0.3) is 0 Å². The van der Waals surface area contributed by atoms with Crippen molar-refractivity contribution in [2.45, 2.75) is 64.2 Å². The molecule has 152 valence electrons. The zero-order valence-electron chi connectivity index (χ0n) is 17.0. The maximum absolute atomic E-state index is 13.8. The molecule has 0 radical (unpaired) electrons. The first kappa shape index (κ1) is 21.0. The first-order valence-electron chi connectivity index (χ1n) is 10.6. The molecule has 1 aliphatic carbocycles. The van der Waals surface area contributed by atoms with Crippen molar-refractivity contribution in [3.05, 3.63) is 65.0 Å². The molecule has 0 aromatic heterocycles. The maximum Gasteiger partial charge on any atom is 0.343 e. The average molecular weight is 394 g/mol. The number of unbranched alkanes of at least 4 members (excludes halogenated alkanes) is 2. The van der Waals surface area contributed by atoms with E-state index in [0.717, 1.165) is 30.4 Å². The molecule has 1 aliphatic rings. The van der Waals surface area contributed by atoms with Gasteiger partial charge in [-0.15, -0.1) is 0 Å². The zero-order valence-corrected chi connectivity index (χ0v) is 17.0. The van der Waals surface area contributed by atoms with Crippen molar-refractivity contribution >= 4 is 5.97 Å². The van der Waals surface area contributed by atoms with Crippen molar-refractivity contribution in [3.8, 4) is 11.8 Å². The molecule has 2 aromatic carbocycles. The number of benzene rings is 2. The van der Waals surface area contributed by atoms with E-state index in [-0.39, 0.29) is 11.3 Å². The second kappa shape index (κ2) is 10.2. The smallest absolute Gasteiger partial charge is 0.343 e. The summed E-state index contributed by atoms with van der Waals surface area (Å²) in [5.74, 6) is 0.112. The summed E-state index contributed by atoms with van der Waals surface area (Å²) in [5, 5.41) is 8.83. The van der Waals surface area contributed by atoms with Crippen LogP contribution in [0, 0.1) is 23.1 Å². The topological polar surface area (TPSA) is 50.1 Å². The number of ether oxygens (including phenoxy) is 1. The molecule has 0 atom stereocenters. The molecule has 0 heterocycles. The highest BCUT2D eigenvalue weighted by atomic mass is 19.1. The first-order chi connectivity index (χ1) is 14.1. The van der Waals surface area contributed by atoms with Gasteiger partial charge in [-0.3, -0.25) is 0 Å². The van der Waals surface area contributed by atoms with Gasteiger partial charge in [0, 0.05) is 6.07 Å². The molecule has 1 fully saturated rings. The Morgan fingerprint density at radius 3 is 2.59 bits per heavy atom. The predicted octanol–water partition coefficient (Wildman–Crippen LogP) is 6.77. The Balaban J connectivity index is 1.67. The zero-order chi connectivity index (χ0) is 20.6. The Bertz CT molecular complexity index is 879. The number of nitrogens with zero attached hydrogens (tertiary/aromatic N) is 1. The molecule has 1 saturated carbocycles. The number of hydrogen-bond acceptors (Lipinski definition) is 3. The highest BCUT2D eigenvalue weighted by molar-refractivity contribution is 5.92. The molecule has 0 saturated heterocycles. The molecule has 2 aromatic rings. The highest BCUT2D eigenvalue weighted by Gasteiger charge is 2.26. The molecule has 0 N–H and O–H groups in total. The molecule has 3 nitrogen and oxygen atoms in total. The summed E-state index contributed by atoms with van der Waals surface area (Å²) in [7, 11) is 0. The van der Waals surface area contributed by atoms with Crippen LogP contribution in [-0.2, 0) is 0 Å². The average Bonchev–Trinajstić information content (AvgIpc) is 2.74. The highest BCUT2D eigenvalue weighted by Crippen LogP contribution is 2.39. The Morgan fingerprint density at radius 1 is 1.14 bits per heavy atom. The summed E-state index contributed by atoms with van der Waals surface area (Å²) in [5.41, 5.74) is 1.51. The summed E-state index contributed by atoms with van der Waals surface area (Å²) >= 11 is 0. The lowest BCUT2D eigenvalue weighted by atomic mass is 9.76. The van der Waals surface area contributed by atoms with E-state index in [2.05, 4.69) is 6.92 Å². The molecule has 0 aliphatic heterocycles. The van der Waals surface area contributed by atoms with Crippen molar-refractivity contribution in [1.82, 2.24) is 0 Å². The fourth-order valence-corrected chi connectivity index (χ4v) is 4.30. The van der Waals surface area contributed by atoms with E-state index < -0.39 is 11.8 Å². The number of nitriles is 1. The van der Waals surface area contributed by atoms with E-state index in [4.69, 9.17) is 10.00 Å². The molecule has 0 bridgehead atoms. The normalized spacial score (nSPS) is 18.8. The van der Waals surface area contributed by atoms with Crippen molar-refractivity contribution in [3.63, 3.8) is 0 Å². The standard InChI is InChI=1S/C25H28FNO2/c1-2-3-4-7-18-10-12-19(13-11-18)22-8-5-6-9-23(22)25(28)29-21-15-14-20(17-27)24(26)16-21/h5-6,8-9,14-16,18-19H,2-4,7,10-13H2,1H3/t18-,19-. The number of carbonyl (C=O) groups excluding carboxylic acids is 1. The van der Waals surface area contributed by atoms with Crippen LogP contribution in [0.15, 0.2) is 42.5 Å². The fourth-order valence-electron chi connectivity index (χ4n) is 4.30. The lowest BCUT2D eigenvalue weighted by Crippen LogP contribution is -2.18. The SMILES string of the molecule is CCCCC[C@H]1CC[C@H](c2ccccc2C(=O)Oc2ccc(C#N)c(F)c2)CC1. The lowest BCUT2D eigenvalue weighted by molar-refractivity contribution is 0.0732. The van der Waals surface area contributed by atoms with Crippen LogP contribution in [0.1, 0.15) is 85.7 Å². The third-order valence-corrected chi connectivity index (χ3v) is 5.95. The van der Waals surface area contributed by atoms with E-state index in [1.165, 1.54) is 50.7 Å². The number of esters is 1. The van der Waals surface area contributed by atoms with Crippen molar-refractivity contribution < 1.29 is 13.9 Å². The van der Waals surface area contributed by atoms with Gasteiger partial charge >= 0.3 is 5.97 Å². The summed E-state index contributed by atoms with van der Waals surface area (Å²) in [6.07, 6.45) is 9.79. The largest absolute Gasteiger partial charge is 0.423 e. The van der Waals surface area contributed by atoms with Gasteiger partial charge in [-0.25, -0.2) is 9.18 Å². The van der Waals surface area contributed by atoms with Crippen LogP contribution in [0.2, 0.25) is 0 Å². The Hall–Kier alpha value is -2.67. The number of halogens is 1. The van der Waals surface area contributed by atoms with Gasteiger partial charge in [0.15, 0.2) is 0 Å². The van der Waals surface area contributed by atoms with Crippen LogP contribution in [0.25, 0.3) is 0 Å². The van der Waals surface area contributed by atoms with E-state index >= 15 is 0 Å². The maximum atomic E-state index is 13.8. The van der Waals surface area contributed by atoms with Crippen LogP contribution < -0.4 is 4.74 Å². The number of rotatable bonds is 7. The molecule has 0 unspecified atom stereocenters. The van der Waals surface area contributed by atoms with Gasteiger partial charge in [0.2, 0.25) is 0 Å². The van der Waals surface area contributed by atoms with Gasteiger partial charge < -0.3 is 4.74 Å². The van der Waals surface area contributed by atoms with E-state index in [0.29, 0.717) is 11.5 Å². The van der Waals surface area contributed by atoms with Crippen molar-refractivity contribution in [2.24, 2.45) is 5.92 Å². The van der Waals surface area contributed by atoms with Crippen LogP contribution in [0.5, 0.6) is 5.75 Å². The summed E-state index contributed by atoms with van der Waals surface area (Å²) < 4.78 is 19.2. The van der Waals surface area contributed by atoms with Crippen LogP contribution >= 0.6 is 0 Å². The summed E-state index contributed by atoms with van der Waals surface area (Å²) in [4.78, 5) is 12.8. The van der Waals surface area contributed by atoms with Crippen LogP contribution in [0.4, 0.5) is 4.39 Å². The van der Waals surface area contributed by atoms with Gasteiger partial charge in [0.1, 0.15) is 17.6 Å².